The van der Waals surface area contributed by atoms with Gasteiger partial charge in [0.1, 0.15) is 12.6 Å². The molecule has 0 saturated carbocycles. The van der Waals surface area contributed by atoms with Crippen LogP contribution in [0.3, 0.4) is 0 Å². The Morgan fingerprint density at radius 1 is 1.29 bits per heavy atom. The van der Waals surface area contributed by atoms with Crippen molar-refractivity contribution in [2.75, 3.05) is 39.9 Å². The molecule has 1 fully saturated rings. The van der Waals surface area contributed by atoms with E-state index in [4.69, 9.17) is 5.11 Å². The fourth-order valence-electron chi connectivity index (χ4n) is 5.80. The van der Waals surface area contributed by atoms with Gasteiger partial charge in [-0.2, -0.15) is 0 Å². The van der Waals surface area contributed by atoms with E-state index in [1.54, 1.807) is 0 Å². The lowest BCUT2D eigenvalue weighted by Crippen LogP contribution is -3.16. The third-order valence-corrected chi connectivity index (χ3v) is 7.90. The largest absolute Gasteiger partial charge is 0.481 e. The fourth-order valence-corrected chi connectivity index (χ4v) is 5.80. The number of piperidine rings is 1. The third kappa shape index (κ3) is 10.8. The Bertz CT molecular complexity index is 629. The molecule has 0 spiro atoms. The summed E-state index contributed by atoms with van der Waals surface area (Å²) in [4.78, 5) is 17.0. The van der Waals surface area contributed by atoms with Gasteiger partial charge in [0, 0.05) is 19.0 Å². The van der Waals surface area contributed by atoms with Gasteiger partial charge in [0.2, 0.25) is 0 Å². The van der Waals surface area contributed by atoms with Crippen LogP contribution in [0.15, 0.2) is 4.99 Å². The summed E-state index contributed by atoms with van der Waals surface area (Å²) in [5.74, 6) is -0.329. The first kappa shape index (κ1) is 30.1. The van der Waals surface area contributed by atoms with Crippen LogP contribution in [-0.4, -0.2) is 97.2 Å². The summed E-state index contributed by atoms with van der Waals surface area (Å²) >= 11 is 0. The molecule has 2 aliphatic rings. The SMILES string of the molecule is CCNCC(O)(CCCCCCC(CCC1NC(C)C(O)CC1[NH+]1CC=NC1)CNC)CC(=O)O. The molecule has 2 aliphatic heterocycles. The number of nitrogens with zero attached hydrogens (tertiary/aromatic N) is 1. The van der Waals surface area contributed by atoms with Gasteiger partial charge in [0.25, 0.3) is 0 Å². The van der Waals surface area contributed by atoms with Crippen LogP contribution in [-0.2, 0) is 4.79 Å². The van der Waals surface area contributed by atoms with E-state index in [1.165, 1.54) is 11.3 Å². The Morgan fingerprint density at radius 2 is 2.06 bits per heavy atom. The molecular formula is C26H52N5O4+. The van der Waals surface area contributed by atoms with Crippen LogP contribution in [0, 0.1) is 5.92 Å². The molecule has 7 unspecified atom stereocenters. The number of carbonyl (C=O) groups is 1. The highest BCUT2D eigenvalue weighted by Crippen LogP contribution is 2.23. The van der Waals surface area contributed by atoms with Crippen LogP contribution in [0.5, 0.6) is 0 Å². The monoisotopic (exact) mass is 498 g/mol. The molecule has 204 valence electrons. The Kier molecular flexibility index (Phi) is 13.7. The van der Waals surface area contributed by atoms with Gasteiger partial charge in [-0.3, -0.25) is 4.79 Å². The van der Waals surface area contributed by atoms with Crippen LogP contribution in [0.1, 0.15) is 78.1 Å². The Morgan fingerprint density at radius 3 is 2.71 bits per heavy atom. The Balaban J connectivity index is 1.73. The van der Waals surface area contributed by atoms with Gasteiger partial charge in [0.15, 0.2) is 6.67 Å². The molecule has 0 aliphatic carbocycles. The first-order valence-corrected chi connectivity index (χ1v) is 13.8. The van der Waals surface area contributed by atoms with Gasteiger partial charge in [-0.25, -0.2) is 4.99 Å². The van der Waals surface area contributed by atoms with Crippen molar-refractivity contribution in [3.05, 3.63) is 0 Å². The van der Waals surface area contributed by atoms with Gasteiger partial charge < -0.3 is 36.2 Å². The highest BCUT2D eigenvalue weighted by molar-refractivity contribution is 5.68. The molecule has 9 heteroatoms. The number of nitrogens with one attached hydrogen (secondary N) is 4. The van der Waals surface area contributed by atoms with Crippen molar-refractivity contribution >= 4 is 12.2 Å². The number of aliphatic hydroxyl groups excluding tert-OH is 1. The molecule has 7 N–H and O–H groups in total. The number of rotatable bonds is 18. The van der Waals surface area contributed by atoms with Gasteiger partial charge in [-0.05, 0) is 58.7 Å². The maximum absolute atomic E-state index is 11.1. The van der Waals surface area contributed by atoms with E-state index in [2.05, 4.69) is 27.9 Å². The highest BCUT2D eigenvalue weighted by atomic mass is 16.4. The zero-order chi connectivity index (χ0) is 25.7. The number of likely N-dealkylation sites (N-methyl/N-ethyl adjacent to an activating group) is 1. The van der Waals surface area contributed by atoms with Crippen molar-refractivity contribution < 1.29 is 25.0 Å². The molecule has 35 heavy (non-hydrogen) atoms. The first-order valence-electron chi connectivity index (χ1n) is 13.8. The second kappa shape index (κ2) is 15.9. The molecule has 7 atom stereocenters. The van der Waals surface area contributed by atoms with Crippen molar-refractivity contribution in [3.63, 3.8) is 0 Å². The molecule has 9 nitrogen and oxygen atoms in total. The van der Waals surface area contributed by atoms with Crippen molar-refractivity contribution in [3.8, 4) is 0 Å². The Hall–Kier alpha value is -1.10. The summed E-state index contributed by atoms with van der Waals surface area (Å²) in [6.45, 7) is 7.88. The van der Waals surface area contributed by atoms with E-state index in [1.807, 2.05) is 20.2 Å². The van der Waals surface area contributed by atoms with Crippen molar-refractivity contribution in [2.24, 2.45) is 10.9 Å². The minimum atomic E-state index is -1.16. The molecule has 2 rings (SSSR count). The number of aliphatic imine (C=N–C) groups is 1. The number of aliphatic carboxylic acids is 1. The zero-order valence-corrected chi connectivity index (χ0v) is 22.3. The molecule has 0 radical (unpaired) electrons. The second-order valence-corrected chi connectivity index (χ2v) is 10.9. The third-order valence-electron chi connectivity index (χ3n) is 7.90. The summed E-state index contributed by atoms with van der Waals surface area (Å²) in [6.07, 6.45) is 10.5. The van der Waals surface area contributed by atoms with Crippen molar-refractivity contribution in [1.82, 2.24) is 16.0 Å². The predicted molar refractivity (Wildman–Crippen MR) is 140 cm³/mol. The van der Waals surface area contributed by atoms with Crippen LogP contribution in [0.2, 0.25) is 0 Å². The average Bonchev–Trinajstić information content (AvgIpc) is 3.34. The highest BCUT2D eigenvalue weighted by Gasteiger charge is 2.40. The van der Waals surface area contributed by atoms with E-state index >= 15 is 0 Å². The number of hydrogen-bond acceptors (Lipinski definition) is 7. The fraction of sp³-hybridized carbons (Fsp3) is 0.923. The summed E-state index contributed by atoms with van der Waals surface area (Å²) in [5.41, 5.74) is -1.16. The first-order chi connectivity index (χ1) is 16.8. The summed E-state index contributed by atoms with van der Waals surface area (Å²) < 4.78 is 0. The molecule has 0 bridgehead atoms. The number of carboxylic acid groups (broad SMARTS) is 1. The molecule has 0 aromatic carbocycles. The summed E-state index contributed by atoms with van der Waals surface area (Å²) in [7, 11) is 2.02. The maximum Gasteiger partial charge on any atom is 0.306 e. The van der Waals surface area contributed by atoms with Crippen LogP contribution < -0.4 is 20.9 Å². The maximum atomic E-state index is 11.1. The van der Waals surface area contributed by atoms with E-state index in [0.717, 1.165) is 71.2 Å². The number of hydrogen-bond donors (Lipinski definition) is 7. The summed E-state index contributed by atoms with van der Waals surface area (Å²) in [5, 5.41) is 40.4. The molecule has 0 amide bonds. The van der Waals surface area contributed by atoms with Crippen molar-refractivity contribution in [2.45, 2.75) is 108 Å². The molecule has 2 heterocycles. The lowest BCUT2D eigenvalue weighted by atomic mass is 9.85. The molecule has 0 aromatic heterocycles. The van der Waals surface area contributed by atoms with Gasteiger partial charge in [-0.15, -0.1) is 0 Å². The standard InChI is InChI=1S/C26H51N5O4/c1-4-28-18-26(35,16-25(33)34)12-8-6-5-7-9-21(17-27-3)10-11-22-23(31-14-13-29-19-31)15-24(32)20(2)30-22/h13,20-24,27-28,30,32,35H,4-12,14-19H2,1-3H3,(H,33,34)/p+1. The molecule has 1 saturated heterocycles. The normalized spacial score (nSPS) is 29.2. The minimum absolute atomic E-state index is 0.134. The van der Waals surface area contributed by atoms with Gasteiger partial charge in [0.05, 0.1) is 30.4 Å². The zero-order valence-electron chi connectivity index (χ0n) is 22.3. The van der Waals surface area contributed by atoms with Gasteiger partial charge in [-0.1, -0.05) is 32.6 Å². The molecular weight excluding hydrogens is 446 g/mol. The minimum Gasteiger partial charge on any atom is -0.481 e. The lowest BCUT2D eigenvalue weighted by Gasteiger charge is -2.41. The number of unbranched alkanes of at least 4 members (excludes halogenated alkanes) is 3. The lowest BCUT2D eigenvalue weighted by molar-refractivity contribution is -0.914. The molecule has 0 aromatic rings. The predicted octanol–water partition coefficient (Wildman–Crippen LogP) is 0.165. The van der Waals surface area contributed by atoms with Crippen LogP contribution >= 0.6 is 0 Å². The second-order valence-electron chi connectivity index (χ2n) is 10.9. The van der Waals surface area contributed by atoms with Gasteiger partial charge >= 0.3 is 5.97 Å². The number of carboxylic acids is 1. The van der Waals surface area contributed by atoms with Crippen LogP contribution in [0.4, 0.5) is 0 Å². The number of quaternary nitrogens is 1. The van der Waals surface area contributed by atoms with E-state index < -0.39 is 11.6 Å². The van der Waals surface area contributed by atoms with Crippen molar-refractivity contribution in [1.29, 1.82) is 0 Å². The summed E-state index contributed by atoms with van der Waals surface area (Å²) in [6, 6.07) is 0.952. The quantitative estimate of drug-likeness (QED) is 0.134. The smallest absolute Gasteiger partial charge is 0.306 e. The Labute approximate surface area is 212 Å². The number of aliphatic hydroxyl groups is 2. The average molecular weight is 499 g/mol. The topological polar surface area (TPSA) is 131 Å². The van der Waals surface area contributed by atoms with E-state index in [9.17, 15) is 15.0 Å². The van der Waals surface area contributed by atoms with Crippen LogP contribution in [0.25, 0.3) is 0 Å². The van der Waals surface area contributed by atoms with E-state index in [0.29, 0.717) is 31.0 Å². The van der Waals surface area contributed by atoms with E-state index in [-0.39, 0.29) is 18.6 Å².